The molecule has 2 rings (SSSR count). The second-order valence-electron chi connectivity index (χ2n) is 7.42. The summed E-state index contributed by atoms with van der Waals surface area (Å²) in [5.74, 6) is 1.15. The molecular formula is C19H36N2O2. The lowest BCUT2D eigenvalue weighted by Gasteiger charge is -2.37. The Kier molecular flexibility index (Phi) is 8.38. The Balaban J connectivity index is 1.69. The van der Waals surface area contributed by atoms with Crippen molar-refractivity contribution in [3.05, 3.63) is 0 Å². The lowest BCUT2D eigenvalue weighted by Crippen LogP contribution is -2.51. The van der Waals surface area contributed by atoms with Gasteiger partial charge in [-0.05, 0) is 38.5 Å². The van der Waals surface area contributed by atoms with Gasteiger partial charge in [-0.3, -0.25) is 4.79 Å². The molecule has 1 N–H and O–H groups in total. The SMILES string of the molecule is CCOCCCN1CC[C@@H](NC(=O)C2CCCCCC2)[C@@H](C)C1. The van der Waals surface area contributed by atoms with Crippen LogP contribution in [0.3, 0.4) is 0 Å². The Morgan fingerprint density at radius 3 is 2.57 bits per heavy atom. The molecule has 0 aromatic rings. The van der Waals surface area contributed by atoms with Crippen molar-refractivity contribution >= 4 is 5.91 Å². The minimum atomic E-state index is 0.272. The smallest absolute Gasteiger partial charge is 0.223 e. The molecule has 4 heteroatoms. The maximum Gasteiger partial charge on any atom is 0.223 e. The number of likely N-dealkylation sites (tertiary alicyclic amines) is 1. The summed E-state index contributed by atoms with van der Waals surface area (Å²) < 4.78 is 5.42. The van der Waals surface area contributed by atoms with E-state index in [1.54, 1.807) is 0 Å². The summed E-state index contributed by atoms with van der Waals surface area (Å²) in [6, 6.07) is 0.369. The van der Waals surface area contributed by atoms with Crippen LogP contribution in [0.25, 0.3) is 0 Å². The fourth-order valence-electron chi connectivity index (χ4n) is 4.03. The van der Waals surface area contributed by atoms with Gasteiger partial charge in [-0.25, -0.2) is 0 Å². The van der Waals surface area contributed by atoms with Crippen molar-refractivity contribution in [3.8, 4) is 0 Å². The van der Waals surface area contributed by atoms with E-state index in [0.717, 1.165) is 58.5 Å². The minimum Gasteiger partial charge on any atom is -0.382 e. The third-order valence-corrected chi connectivity index (χ3v) is 5.51. The van der Waals surface area contributed by atoms with Crippen molar-refractivity contribution in [3.63, 3.8) is 0 Å². The van der Waals surface area contributed by atoms with E-state index in [-0.39, 0.29) is 5.92 Å². The molecule has 0 aromatic carbocycles. The van der Waals surface area contributed by atoms with Crippen molar-refractivity contribution in [2.45, 2.75) is 71.3 Å². The Bertz CT molecular complexity index is 340. The molecule has 4 nitrogen and oxygen atoms in total. The first-order chi connectivity index (χ1) is 11.2. The van der Waals surface area contributed by atoms with Gasteiger partial charge >= 0.3 is 0 Å². The van der Waals surface area contributed by atoms with E-state index in [4.69, 9.17) is 4.74 Å². The molecule has 23 heavy (non-hydrogen) atoms. The van der Waals surface area contributed by atoms with E-state index in [1.807, 2.05) is 6.92 Å². The van der Waals surface area contributed by atoms with Crippen LogP contribution < -0.4 is 5.32 Å². The van der Waals surface area contributed by atoms with E-state index >= 15 is 0 Å². The second-order valence-corrected chi connectivity index (χ2v) is 7.42. The number of piperidine rings is 1. The van der Waals surface area contributed by atoms with E-state index in [1.165, 1.54) is 25.7 Å². The molecule has 2 atom stereocenters. The highest BCUT2D eigenvalue weighted by Crippen LogP contribution is 2.24. The number of hydrogen-bond donors (Lipinski definition) is 1. The van der Waals surface area contributed by atoms with E-state index in [9.17, 15) is 4.79 Å². The van der Waals surface area contributed by atoms with E-state index in [0.29, 0.717) is 17.9 Å². The van der Waals surface area contributed by atoms with Crippen LogP contribution in [0.5, 0.6) is 0 Å². The van der Waals surface area contributed by atoms with Gasteiger partial charge in [-0.2, -0.15) is 0 Å². The molecule has 1 saturated heterocycles. The summed E-state index contributed by atoms with van der Waals surface area (Å²) >= 11 is 0. The first-order valence-electron chi connectivity index (χ1n) is 9.81. The van der Waals surface area contributed by atoms with Crippen LogP contribution in [0.15, 0.2) is 0 Å². The van der Waals surface area contributed by atoms with Crippen LogP contribution in [0.2, 0.25) is 0 Å². The van der Waals surface area contributed by atoms with Gasteiger partial charge in [-0.15, -0.1) is 0 Å². The lowest BCUT2D eigenvalue weighted by atomic mass is 9.92. The van der Waals surface area contributed by atoms with Gasteiger partial charge < -0.3 is 15.0 Å². The number of hydrogen-bond acceptors (Lipinski definition) is 3. The number of rotatable bonds is 7. The lowest BCUT2D eigenvalue weighted by molar-refractivity contribution is -0.126. The van der Waals surface area contributed by atoms with Gasteiger partial charge in [0.25, 0.3) is 0 Å². The highest BCUT2D eigenvalue weighted by Gasteiger charge is 2.29. The molecule has 1 aliphatic carbocycles. The normalized spacial score (nSPS) is 27.6. The molecule has 0 bridgehead atoms. The predicted molar refractivity (Wildman–Crippen MR) is 94.5 cm³/mol. The summed E-state index contributed by atoms with van der Waals surface area (Å²) in [5, 5.41) is 3.37. The zero-order valence-electron chi connectivity index (χ0n) is 15.2. The first kappa shape index (κ1) is 18.7. The molecule has 0 unspecified atom stereocenters. The summed E-state index contributed by atoms with van der Waals surface area (Å²) in [6.45, 7) is 9.33. The van der Waals surface area contributed by atoms with Crippen molar-refractivity contribution in [1.29, 1.82) is 0 Å². The number of amides is 1. The topological polar surface area (TPSA) is 41.6 Å². The quantitative estimate of drug-likeness (QED) is 0.577. The summed E-state index contributed by atoms with van der Waals surface area (Å²) in [5.41, 5.74) is 0. The Morgan fingerprint density at radius 2 is 1.91 bits per heavy atom. The van der Waals surface area contributed by atoms with Crippen molar-refractivity contribution in [2.24, 2.45) is 11.8 Å². The van der Waals surface area contributed by atoms with Crippen LogP contribution in [0, 0.1) is 11.8 Å². The highest BCUT2D eigenvalue weighted by molar-refractivity contribution is 5.79. The molecule has 2 fully saturated rings. The third kappa shape index (κ3) is 6.42. The predicted octanol–water partition coefficient (Wildman–Crippen LogP) is 3.21. The fourth-order valence-corrected chi connectivity index (χ4v) is 4.03. The Morgan fingerprint density at radius 1 is 1.17 bits per heavy atom. The average molecular weight is 325 g/mol. The monoisotopic (exact) mass is 324 g/mol. The van der Waals surface area contributed by atoms with Gasteiger partial charge in [0.15, 0.2) is 0 Å². The zero-order valence-corrected chi connectivity index (χ0v) is 15.2. The van der Waals surface area contributed by atoms with Crippen LogP contribution in [0.1, 0.15) is 65.2 Å². The molecule has 1 saturated carbocycles. The molecule has 2 aliphatic rings. The Labute approximate surface area is 142 Å². The maximum atomic E-state index is 12.5. The molecule has 1 amide bonds. The molecule has 0 radical (unpaired) electrons. The summed E-state index contributed by atoms with van der Waals surface area (Å²) in [7, 11) is 0. The largest absolute Gasteiger partial charge is 0.382 e. The Hall–Kier alpha value is -0.610. The number of carbonyl (C=O) groups excluding carboxylic acids is 1. The molecular weight excluding hydrogens is 288 g/mol. The van der Waals surface area contributed by atoms with E-state index in [2.05, 4.69) is 17.1 Å². The van der Waals surface area contributed by atoms with Gasteiger partial charge in [0.1, 0.15) is 0 Å². The molecule has 0 spiro atoms. The number of ether oxygens (including phenoxy) is 1. The standard InChI is InChI=1S/C19H36N2O2/c1-3-23-14-8-12-21-13-11-18(16(2)15-21)20-19(22)17-9-6-4-5-7-10-17/h16-18H,3-15H2,1-2H3,(H,20,22)/t16-,18+/m0/s1. The van der Waals surface area contributed by atoms with Crippen molar-refractivity contribution in [2.75, 3.05) is 32.8 Å². The fraction of sp³-hybridized carbons (Fsp3) is 0.947. The number of carbonyl (C=O) groups is 1. The maximum absolute atomic E-state index is 12.5. The highest BCUT2D eigenvalue weighted by atomic mass is 16.5. The van der Waals surface area contributed by atoms with Crippen LogP contribution >= 0.6 is 0 Å². The van der Waals surface area contributed by atoms with Gasteiger partial charge in [-0.1, -0.05) is 32.6 Å². The zero-order chi connectivity index (χ0) is 16.5. The van der Waals surface area contributed by atoms with E-state index < -0.39 is 0 Å². The average Bonchev–Trinajstić information content (AvgIpc) is 2.83. The summed E-state index contributed by atoms with van der Waals surface area (Å²) in [6.07, 6.45) is 9.46. The first-order valence-corrected chi connectivity index (χ1v) is 9.81. The molecule has 134 valence electrons. The summed E-state index contributed by atoms with van der Waals surface area (Å²) in [4.78, 5) is 15.1. The van der Waals surface area contributed by atoms with Gasteiger partial charge in [0, 0.05) is 44.8 Å². The number of nitrogens with one attached hydrogen (secondary N) is 1. The second kappa shape index (κ2) is 10.3. The van der Waals surface area contributed by atoms with Crippen LogP contribution in [0.4, 0.5) is 0 Å². The van der Waals surface area contributed by atoms with Crippen molar-refractivity contribution < 1.29 is 9.53 Å². The minimum absolute atomic E-state index is 0.272. The van der Waals surface area contributed by atoms with Crippen molar-refractivity contribution in [1.82, 2.24) is 10.2 Å². The number of nitrogens with zero attached hydrogens (tertiary/aromatic N) is 1. The third-order valence-electron chi connectivity index (χ3n) is 5.51. The molecule has 1 heterocycles. The van der Waals surface area contributed by atoms with Crippen LogP contribution in [-0.2, 0) is 9.53 Å². The van der Waals surface area contributed by atoms with Crippen LogP contribution in [-0.4, -0.2) is 49.7 Å². The molecule has 0 aromatic heterocycles. The van der Waals surface area contributed by atoms with Gasteiger partial charge in [0.2, 0.25) is 5.91 Å². The van der Waals surface area contributed by atoms with Gasteiger partial charge in [0.05, 0.1) is 0 Å². The molecule has 1 aliphatic heterocycles.